The minimum atomic E-state index is -0.374. The smallest absolute Gasteiger partial charge is 0.241 e. The lowest BCUT2D eigenvalue weighted by atomic mass is 10.3. The van der Waals surface area contributed by atoms with Gasteiger partial charge in [-0.1, -0.05) is 5.16 Å². The Hall–Kier alpha value is -1.25. The Morgan fingerprint density at radius 2 is 2.30 bits per heavy atom. The third-order valence-corrected chi connectivity index (χ3v) is 4.31. The first-order valence-electron chi connectivity index (χ1n) is 6.06. The summed E-state index contributed by atoms with van der Waals surface area (Å²) in [6.07, 6.45) is 0. The minimum Gasteiger partial charge on any atom is -0.369 e. The van der Waals surface area contributed by atoms with Gasteiger partial charge in [-0.3, -0.25) is 9.69 Å². The maximum absolute atomic E-state index is 11.0. The topological polar surface area (TPSA) is 85.2 Å². The van der Waals surface area contributed by atoms with E-state index in [1.807, 2.05) is 30.9 Å². The van der Waals surface area contributed by atoms with Gasteiger partial charge in [-0.15, -0.1) is 11.3 Å². The van der Waals surface area contributed by atoms with Gasteiger partial charge in [0.2, 0.25) is 17.6 Å². The maximum atomic E-state index is 11.0. The van der Waals surface area contributed by atoms with E-state index in [1.54, 1.807) is 0 Å². The van der Waals surface area contributed by atoms with Crippen LogP contribution in [0.1, 0.15) is 19.7 Å². The number of nitrogens with two attached hydrogens (primary N) is 1. The fourth-order valence-corrected chi connectivity index (χ4v) is 2.96. The number of thiophene rings is 1. The van der Waals surface area contributed by atoms with Crippen LogP contribution >= 0.6 is 27.3 Å². The Bertz CT molecular complexity index is 596. The Labute approximate surface area is 129 Å². The SMILES string of the molecule is CC(C)N(CC(N)=O)Cc1nc(-c2ccc(Br)s2)no1. The predicted octanol–water partition coefficient (Wildman–Crippen LogP) is 2.26. The van der Waals surface area contributed by atoms with Crippen molar-refractivity contribution in [3.05, 3.63) is 21.8 Å². The molecule has 0 aliphatic heterocycles. The summed E-state index contributed by atoms with van der Waals surface area (Å²) in [7, 11) is 0. The number of halogens is 1. The van der Waals surface area contributed by atoms with Gasteiger partial charge < -0.3 is 10.3 Å². The van der Waals surface area contributed by atoms with Gasteiger partial charge >= 0.3 is 0 Å². The standard InChI is InChI=1S/C12H15BrN4O2S/c1-7(2)17(5-10(14)18)6-11-15-12(16-19-11)8-3-4-9(13)20-8/h3-4,7H,5-6H2,1-2H3,(H2,14,18). The third kappa shape index (κ3) is 3.87. The zero-order valence-corrected chi connectivity index (χ0v) is 13.6. The second kappa shape index (κ2) is 6.47. The summed E-state index contributed by atoms with van der Waals surface area (Å²) < 4.78 is 6.24. The van der Waals surface area contributed by atoms with Crippen LogP contribution in [0.2, 0.25) is 0 Å². The average Bonchev–Trinajstić information content (AvgIpc) is 2.96. The number of hydrogen-bond donors (Lipinski definition) is 1. The number of aromatic nitrogens is 2. The number of amides is 1. The molecule has 108 valence electrons. The highest BCUT2D eigenvalue weighted by molar-refractivity contribution is 9.11. The van der Waals surface area contributed by atoms with Crippen LogP contribution in [0.4, 0.5) is 0 Å². The summed E-state index contributed by atoms with van der Waals surface area (Å²) in [6, 6.07) is 4.02. The fraction of sp³-hybridized carbons (Fsp3) is 0.417. The van der Waals surface area contributed by atoms with Crippen LogP contribution in [0.5, 0.6) is 0 Å². The van der Waals surface area contributed by atoms with E-state index in [0.717, 1.165) is 8.66 Å². The molecule has 0 fully saturated rings. The maximum Gasteiger partial charge on any atom is 0.241 e. The van der Waals surface area contributed by atoms with Gasteiger partial charge in [0, 0.05) is 6.04 Å². The van der Waals surface area contributed by atoms with Crippen LogP contribution in [-0.2, 0) is 11.3 Å². The van der Waals surface area contributed by atoms with E-state index in [9.17, 15) is 4.79 Å². The molecular formula is C12H15BrN4O2S. The molecule has 0 aliphatic rings. The van der Waals surface area contributed by atoms with E-state index in [1.165, 1.54) is 11.3 Å². The highest BCUT2D eigenvalue weighted by Gasteiger charge is 2.17. The summed E-state index contributed by atoms with van der Waals surface area (Å²) >= 11 is 4.93. The van der Waals surface area contributed by atoms with Gasteiger partial charge in [-0.05, 0) is 41.9 Å². The van der Waals surface area contributed by atoms with E-state index >= 15 is 0 Å². The van der Waals surface area contributed by atoms with Crippen LogP contribution in [0.15, 0.2) is 20.4 Å². The monoisotopic (exact) mass is 358 g/mol. The summed E-state index contributed by atoms with van der Waals surface area (Å²) in [5.74, 6) is 0.651. The van der Waals surface area contributed by atoms with Gasteiger partial charge in [0.25, 0.3) is 0 Å². The fourth-order valence-electron chi connectivity index (χ4n) is 1.65. The molecule has 2 aromatic heterocycles. The normalized spacial score (nSPS) is 11.4. The Balaban J connectivity index is 2.10. The van der Waals surface area contributed by atoms with Crippen LogP contribution in [0.25, 0.3) is 10.7 Å². The number of primary amides is 1. The van der Waals surface area contributed by atoms with Gasteiger partial charge in [-0.25, -0.2) is 0 Å². The second-order valence-corrected chi connectivity index (χ2v) is 7.04. The molecule has 0 radical (unpaired) electrons. The lowest BCUT2D eigenvalue weighted by Gasteiger charge is -2.22. The van der Waals surface area contributed by atoms with Gasteiger partial charge in [0.15, 0.2) is 0 Å². The van der Waals surface area contributed by atoms with Crippen molar-refractivity contribution in [1.29, 1.82) is 0 Å². The zero-order valence-electron chi connectivity index (χ0n) is 11.2. The van der Waals surface area contributed by atoms with Crippen molar-refractivity contribution in [2.24, 2.45) is 5.73 Å². The molecule has 20 heavy (non-hydrogen) atoms. The number of nitrogens with zero attached hydrogens (tertiary/aromatic N) is 3. The van der Waals surface area contributed by atoms with E-state index in [0.29, 0.717) is 18.3 Å². The first-order valence-corrected chi connectivity index (χ1v) is 7.67. The number of hydrogen-bond acceptors (Lipinski definition) is 6. The van der Waals surface area contributed by atoms with Gasteiger partial charge in [0.1, 0.15) is 0 Å². The van der Waals surface area contributed by atoms with Crippen molar-refractivity contribution in [2.45, 2.75) is 26.4 Å². The van der Waals surface area contributed by atoms with E-state index in [4.69, 9.17) is 10.3 Å². The average molecular weight is 359 g/mol. The molecule has 2 N–H and O–H groups in total. The lowest BCUT2D eigenvalue weighted by Crippen LogP contribution is -2.38. The summed E-state index contributed by atoms with van der Waals surface area (Å²) in [6.45, 7) is 4.54. The molecule has 0 atom stereocenters. The van der Waals surface area contributed by atoms with E-state index in [2.05, 4.69) is 26.1 Å². The molecule has 0 saturated carbocycles. The Morgan fingerprint density at radius 1 is 1.55 bits per heavy atom. The molecule has 2 heterocycles. The first kappa shape index (κ1) is 15.1. The van der Waals surface area contributed by atoms with Crippen molar-refractivity contribution >= 4 is 33.2 Å². The lowest BCUT2D eigenvalue weighted by molar-refractivity contribution is -0.119. The van der Waals surface area contributed by atoms with Crippen LogP contribution in [0.3, 0.4) is 0 Å². The van der Waals surface area contributed by atoms with Crippen LogP contribution in [-0.4, -0.2) is 33.5 Å². The predicted molar refractivity (Wildman–Crippen MR) is 80.1 cm³/mol. The van der Waals surface area contributed by atoms with Gasteiger partial charge in [0.05, 0.1) is 21.8 Å². The highest BCUT2D eigenvalue weighted by atomic mass is 79.9. The molecule has 0 bridgehead atoms. The molecule has 0 saturated heterocycles. The van der Waals surface area contributed by atoms with Crippen molar-refractivity contribution in [3.8, 4) is 10.7 Å². The molecule has 0 unspecified atom stereocenters. The quantitative estimate of drug-likeness (QED) is 0.855. The van der Waals surface area contributed by atoms with Crippen molar-refractivity contribution in [1.82, 2.24) is 15.0 Å². The zero-order chi connectivity index (χ0) is 14.7. The van der Waals surface area contributed by atoms with Crippen LogP contribution in [0, 0.1) is 0 Å². The third-order valence-electron chi connectivity index (χ3n) is 2.69. The van der Waals surface area contributed by atoms with E-state index < -0.39 is 0 Å². The molecule has 6 nitrogen and oxygen atoms in total. The highest BCUT2D eigenvalue weighted by Crippen LogP contribution is 2.29. The second-order valence-electron chi connectivity index (χ2n) is 4.58. The molecule has 1 amide bonds. The molecule has 2 rings (SSSR count). The van der Waals surface area contributed by atoms with Crippen molar-refractivity contribution in [3.63, 3.8) is 0 Å². The number of carbonyl (C=O) groups is 1. The van der Waals surface area contributed by atoms with Crippen molar-refractivity contribution in [2.75, 3.05) is 6.54 Å². The summed E-state index contributed by atoms with van der Waals surface area (Å²) in [5, 5.41) is 3.95. The first-order chi connectivity index (χ1) is 9.45. The van der Waals surface area contributed by atoms with E-state index in [-0.39, 0.29) is 18.5 Å². The molecule has 2 aromatic rings. The molecule has 8 heteroatoms. The minimum absolute atomic E-state index is 0.161. The molecule has 0 aromatic carbocycles. The molecule has 0 spiro atoms. The van der Waals surface area contributed by atoms with Crippen LogP contribution < -0.4 is 5.73 Å². The van der Waals surface area contributed by atoms with Crippen molar-refractivity contribution < 1.29 is 9.32 Å². The largest absolute Gasteiger partial charge is 0.369 e. The van der Waals surface area contributed by atoms with Gasteiger partial charge in [-0.2, -0.15) is 4.98 Å². The molecular weight excluding hydrogens is 344 g/mol. The summed E-state index contributed by atoms with van der Waals surface area (Å²) in [4.78, 5) is 18.2. The molecule has 0 aliphatic carbocycles. The Morgan fingerprint density at radius 3 is 2.85 bits per heavy atom. The summed E-state index contributed by atoms with van der Waals surface area (Å²) in [5.41, 5.74) is 5.23. The Kier molecular flexibility index (Phi) is 4.90. The number of carbonyl (C=O) groups excluding carboxylic acids is 1. The number of rotatable bonds is 6.